The van der Waals surface area contributed by atoms with Gasteiger partial charge in [0, 0.05) is 18.5 Å². The van der Waals surface area contributed by atoms with Crippen LogP contribution in [-0.2, 0) is 9.47 Å². The van der Waals surface area contributed by atoms with Crippen molar-refractivity contribution < 1.29 is 9.47 Å². The molecule has 3 nitrogen and oxygen atoms in total. The number of nitrogens with two attached hydrogens (primary N) is 1. The van der Waals surface area contributed by atoms with E-state index in [9.17, 15) is 0 Å². The fourth-order valence-electron chi connectivity index (χ4n) is 11.6. The van der Waals surface area contributed by atoms with Crippen molar-refractivity contribution in [2.45, 2.75) is 347 Å². The fraction of sp³-hybridized carbons (Fsp3) is 0.903. The molecule has 1 saturated carbocycles. The molecule has 0 bridgehead atoms. The van der Waals surface area contributed by atoms with Crippen molar-refractivity contribution in [2.24, 2.45) is 0 Å². The highest BCUT2D eigenvalue weighted by atomic mass is 16.7. The third-order valence-electron chi connectivity index (χ3n) is 16.1. The Hall–Kier alpha value is -1.06. The van der Waals surface area contributed by atoms with Crippen molar-refractivity contribution in [3.63, 3.8) is 0 Å². The van der Waals surface area contributed by atoms with Crippen molar-refractivity contribution in [3.8, 4) is 0 Å². The minimum absolute atomic E-state index is 0.364. The lowest BCUT2D eigenvalue weighted by molar-refractivity contribution is -0.169. The summed E-state index contributed by atoms with van der Waals surface area (Å²) < 4.78 is 12.9. The zero-order valence-corrected chi connectivity index (χ0v) is 44.4. The quantitative estimate of drug-likeness (QED) is 0.286. The van der Waals surface area contributed by atoms with E-state index in [1.807, 2.05) is 0 Å². The summed E-state index contributed by atoms with van der Waals surface area (Å²) in [6.45, 7) is 5.97. The first-order valence-corrected chi connectivity index (χ1v) is 30.2. The van der Waals surface area contributed by atoms with Crippen molar-refractivity contribution in [2.75, 3.05) is 18.9 Å². The van der Waals surface area contributed by atoms with E-state index in [4.69, 9.17) is 15.2 Å². The van der Waals surface area contributed by atoms with Gasteiger partial charge in [-0.2, -0.15) is 0 Å². The fourth-order valence-corrected chi connectivity index (χ4v) is 11.6. The Kier molecular flexibility index (Phi) is 37.5. The van der Waals surface area contributed by atoms with E-state index >= 15 is 0 Å². The van der Waals surface area contributed by atoms with Gasteiger partial charge in [0.05, 0.1) is 13.2 Å². The van der Waals surface area contributed by atoms with Crippen LogP contribution in [0.4, 0.5) is 5.69 Å². The summed E-state index contributed by atoms with van der Waals surface area (Å²) in [5, 5.41) is 0. The van der Waals surface area contributed by atoms with Crippen molar-refractivity contribution in [3.05, 3.63) is 28.8 Å². The topological polar surface area (TPSA) is 44.5 Å². The minimum atomic E-state index is -0.364. The minimum Gasteiger partial charge on any atom is -0.399 e. The molecule has 0 radical (unpaired) electrons. The van der Waals surface area contributed by atoms with Gasteiger partial charge in [-0.15, -0.1) is 0 Å². The van der Waals surface area contributed by atoms with Gasteiger partial charge in [-0.1, -0.05) is 295 Å². The van der Waals surface area contributed by atoms with Gasteiger partial charge >= 0.3 is 0 Å². The largest absolute Gasteiger partial charge is 0.399 e. The molecule has 0 amide bonds. The Labute approximate surface area is 407 Å². The number of hydrogen-bond donors (Lipinski definition) is 1. The Bertz CT molecular complexity index is 1170. The van der Waals surface area contributed by atoms with E-state index in [-0.39, 0.29) is 5.79 Å². The lowest BCUT2D eigenvalue weighted by atomic mass is 9.83. The summed E-state index contributed by atoms with van der Waals surface area (Å²) in [4.78, 5) is 0. The second-order valence-corrected chi connectivity index (χ2v) is 22.2. The standard InChI is InChI=1S/C62H115NO2/c1-57-56-61(63)58(2)55-60(57)59-49-47-45-43-41-39-37-35-33-31-29-27-25-23-21-19-17-15-13-11-9-7-5-3-4-6-8-10-12-14-16-18-20-22-24-26-28-30-32-34-36-38-40-42-44-46-48-51-62(52-50-59)64-53-54-65-62/h55-56,59H,3-54,63H2,1-2H3. The molecule has 1 aliphatic carbocycles. The third-order valence-corrected chi connectivity index (χ3v) is 16.1. The molecule has 2 aliphatic rings. The first-order valence-electron chi connectivity index (χ1n) is 30.2. The molecule has 380 valence electrons. The van der Waals surface area contributed by atoms with Gasteiger partial charge in [0.25, 0.3) is 0 Å². The lowest BCUT2D eigenvalue weighted by Crippen LogP contribution is -2.30. The van der Waals surface area contributed by atoms with Crippen molar-refractivity contribution in [1.29, 1.82) is 0 Å². The van der Waals surface area contributed by atoms with Crippen LogP contribution in [0.5, 0.6) is 0 Å². The highest BCUT2D eigenvalue weighted by molar-refractivity contribution is 5.52. The molecular weight excluding hydrogens is 791 g/mol. The van der Waals surface area contributed by atoms with Crippen LogP contribution in [0.15, 0.2) is 12.1 Å². The SMILES string of the molecule is Cc1cc(C2CCCCCCCCCCCCCCCCCCCCCCCCCCCCCCCCCCCCCCCCCCCCCCCCC3(CC2)OCCO3)c(C)cc1N. The second-order valence-electron chi connectivity index (χ2n) is 22.2. The van der Waals surface area contributed by atoms with E-state index in [0.29, 0.717) is 5.92 Å². The molecule has 1 unspecified atom stereocenters. The van der Waals surface area contributed by atoms with E-state index < -0.39 is 0 Å². The number of anilines is 1. The maximum Gasteiger partial charge on any atom is 0.168 e. The van der Waals surface area contributed by atoms with Crippen LogP contribution in [-0.4, -0.2) is 19.0 Å². The van der Waals surface area contributed by atoms with Gasteiger partial charge in [-0.3, -0.25) is 0 Å². The van der Waals surface area contributed by atoms with E-state index in [2.05, 4.69) is 26.0 Å². The van der Waals surface area contributed by atoms with Gasteiger partial charge in [0.1, 0.15) is 0 Å². The van der Waals surface area contributed by atoms with E-state index in [0.717, 1.165) is 38.2 Å². The van der Waals surface area contributed by atoms with Crippen LogP contribution < -0.4 is 5.73 Å². The van der Waals surface area contributed by atoms with Gasteiger partial charge in [0.15, 0.2) is 5.79 Å². The summed E-state index contributed by atoms with van der Waals surface area (Å²) in [6, 6.07) is 4.62. The number of hydrogen-bond acceptors (Lipinski definition) is 3. The molecule has 1 aromatic rings. The lowest BCUT2D eigenvalue weighted by Gasteiger charge is -2.30. The predicted octanol–water partition coefficient (Wildman–Crippen LogP) is 21.2. The van der Waals surface area contributed by atoms with Crippen molar-refractivity contribution >= 4 is 5.69 Å². The Morgan fingerprint density at radius 1 is 0.323 bits per heavy atom. The summed E-state index contributed by atoms with van der Waals surface area (Å²) in [5.74, 6) is 0.187. The van der Waals surface area contributed by atoms with Crippen LogP contribution in [0.25, 0.3) is 0 Å². The van der Waals surface area contributed by atoms with Gasteiger partial charge in [0.2, 0.25) is 0 Å². The molecule has 1 saturated heterocycles. The zero-order chi connectivity index (χ0) is 46.0. The maximum absolute atomic E-state index is 6.46. The molecule has 1 atom stereocenters. The monoisotopic (exact) mass is 906 g/mol. The molecule has 3 heteroatoms. The molecule has 1 spiro atoms. The van der Waals surface area contributed by atoms with E-state index in [1.165, 1.54) is 318 Å². The first-order chi connectivity index (χ1) is 32.1. The van der Waals surface area contributed by atoms with Crippen LogP contribution in [0.1, 0.15) is 344 Å². The molecule has 1 heterocycles. The summed E-state index contributed by atoms with van der Waals surface area (Å²) >= 11 is 0. The number of aryl methyl sites for hydroxylation is 2. The predicted molar refractivity (Wildman–Crippen MR) is 289 cm³/mol. The molecule has 2 fully saturated rings. The molecular formula is C62H115NO2. The molecule has 1 aliphatic heterocycles. The van der Waals surface area contributed by atoms with Crippen LogP contribution in [0, 0.1) is 13.8 Å². The molecule has 0 aromatic heterocycles. The summed E-state index contributed by atoms with van der Waals surface area (Å²) in [6.07, 6.45) is 71.2. The number of ether oxygens (including phenoxy) is 2. The van der Waals surface area contributed by atoms with Crippen LogP contribution >= 0.6 is 0 Å². The molecule has 65 heavy (non-hydrogen) atoms. The van der Waals surface area contributed by atoms with Gasteiger partial charge < -0.3 is 15.2 Å². The average Bonchev–Trinajstić information content (AvgIpc) is 3.78. The highest BCUT2D eigenvalue weighted by Crippen LogP contribution is 2.38. The first kappa shape index (κ1) is 58.3. The Morgan fingerprint density at radius 3 is 0.877 bits per heavy atom. The van der Waals surface area contributed by atoms with Gasteiger partial charge in [-0.25, -0.2) is 0 Å². The highest BCUT2D eigenvalue weighted by Gasteiger charge is 2.36. The smallest absolute Gasteiger partial charge is 0.168 e. The second kappa shape index (κ2) is 41.9. The molecule has 2 N–H and O–H groups in total. The molecule has 3 rings (SSSR count). The third kappa shape index (κ3) is 31.6. The average molecular weight is 907 g/mol. The summed E-state index contributed by atoms with van der Waals surface area (Å²) in [7, 11) is 0. The van der Waals surface area contributed by atoms with Crippen LogP contribution in [0.3, 0.4) is 0 Å². The number of nitrogen functional groups attached to an aromatic ring is 1. The van der Waals surface area contributed by atoms with Crippen molar-refractivity contribution in [1.82, 2.24) is 0 Å². The summed E-state index contributed by atoms with van der Waals surface area (Å²) in [5.41, 5.74) is 11.4. The van der Waals surface area contributed by atoms with E-state index in [1.54, 1.807) is 0 Å². The Morgan fingerprint density at radius 2 is 0.585 bits per heavy atom. The normalized spacial score (nSPS) is 24.6. The number of rotatable bonds is 1. The zero-order valence-electron chi connectivity index (χ0n) is 44.4. The number of benzene rings is 1. The van der Waals surface area contributed by atoms with Gasteiger partial charge in [-0.05, 0) is 61.8 Å². The molecule has 1 aromatic carbocycles. The van der Waals surface area contributed by atoms with Crippen LogP contribution in [0.2, 0.25) is 0 Å². The Balaban J connectivity index is 1.32. The maximum atomic E-state index is 6.46.